The molecule has 0 bridgehead atoms. The first-order valence-corrected chi connectivity index (χ1v) is 11.7. The van der Waals surface area contributed by atoms with Gasteiger partial charge in [-0.2, -0.15) is 0 Å². The van der Waals surface area contributed by atoms with Crippen molar-refractivity contribution in [3.63, 3.8) is 0 Å². The summed E-state index contributed by atoms with van der Waals surface area (Å²) < 4.78 is 5.46. The summed E-state index contributed by atoms with van der Waals surface area (Å²) in [6.07, 6.45) is 1.99. The SMILES string of the molecule is O=C(NCc1ccccc1CN1CCOCC1)N1CCC(c2cc3ccccc3[nH]2)CC1. The number of morpholine rings is 1. The van der Waals surface area contributed by atoms with Crippen LogP contribution < -0.4 is 5.32 Å². The van der Waals surface area contributed by atoms with Gasteiger partial charge in [0.2, 0.25) is 0 Å². The molecular weight excluding hydrogens is 400 g/mol. The number of nitrogens with one attached hydrogen (secondary N) is 2. The molecular formula is C26H32N4O2. The Kier molecular flexibility index (Phi) is 6.41. The van der Waals surface area contributed by atoms with Crippen LogP contribution in [0.3, 0.4) is 0 Å². The van der Waals surface area contributed by atoms with Crippen molar-refractivity contribution in [1.29, 1.82) is 0 Å². The van der Waals surface area contributed by atoms with Crippen molar-refractivity contribution in [3.05, 3.63) is 71.4 Å². The lowest BCUT2D eigenvalue weighted by Gasteiger charge is -2.32. The minimum atomic E-state index is 0.0428. The van der Waals surface area contributed by atoms with Crippen molar-refractivity contribution in [2.24, 2.45) is 0 Å². The van der Waals surface area contributed by atoms with Crippen molar-refractivity contribution in [2.75, 3.05) is 39.4 Å². The van der Waals surface area contributed by atoms with Crippen LogP contribution in [-0.4, -0.2) is 60.2 Å². The van der Waals surface area contributed by atoms with Gasteiger partial charge in [0.15, 0.2) is 0 Å². The molecule has 0 unspecified atom stereocenters. The smallest absolute Gasteiger partial charge is 0.317 e. The van der Waals surface area contributed by atoms with Crippen LogP contribution in [0.1, 0.15) is 35.6 Å². The highest BCUT2D eigenvalue weighted by Crippen LogP contribution is 2.30. The number of benzene rings is 2. The fraction of sp³-hybridized carbons (Fsp3) is 0.423. The maximum absolute atomic E-state index is 12.8. The molecule has 32 heavy (non-hydrogen) atoms. The predicted molar refractivity (Wildman–Crippen MR) is 127 cm³/mol. The van der Waals surface area contributed by atoms with E-state index >= 15 is 0 Å². The minimum absolute atomic E-state index is 0.0428. The van der Waals surface area contributed by atoms with Crippen molar-refractivity contribution < 1.29 is 9.53 Å². The second-order valence-corrected chi connectivity index (χ2v) is 8.89. The molecule has 6 nitrogen and oxygen atoms in total. The molecule has 3 heterocycles. The van der Waals surface area contributed by atoms with Gasteiger partial charge in [0, 0.05) is 56.4 Å². The van der Waals surface area contributed by atoms with E-state index < -0.39 is 0 Å². The number of carbonyl (C=O) groups is 1. The number of amides is 2. The summed E-state index contributed by atoms with van der Waals surface area (Å²) in [5.74, 6) is 0.487. The predicted octanol–water partition coefficient (Wildman–Crippen LogP) is 4.09. The second kappa shape index (κ2) is 9.76. The lowest BCUT2D eigenvalue weighted by Crippen LogP contribution is -2.44. The van der Waals surface area contributed by atoms with Gasteiger partial charge < -0.3 is 19.9 Å². The third-order valence-corrected chi connectivity index (χ3v) is 6.82. The fourth-order valence-electron chi connectivity index (χ4n) is 4.88. The summed E-state index contributed by atoms with van der Waals surface area (Å²) in [6, 6.07) is 19.1. The number of rotatable bonds is 5. The highest BCUT2D eigenvalue weighted by molar-refractivity contribution is 5.80. The molecule has 0 spiro atoms. The van der Waals surface area contributed by atoms with E-state index in [2.05, 4.69) is 69.8 Å². The van der Waals surface area contributed by atoms with E-state index in [1.54, 1.807) is 0 Å². The standard InChI is InChI=1S/C26H32N4O2/c31-26(27-18-22-6-1-2-7-23(22)19-29-13-15-32-16-14-29)30-11-9-20(10-12-30)25-17-21-5-3-4-8-24(21)28-25/h1-8,17,20,28H,9-16,18-19H2,(H,27,31). The Hall–Kier alpha value is -2.83. The van der Waals surface area contributed by atoms with E-state index in [0.29, 0.717) is 12.5 Å². The number of ether oxygens (including phenoxy) is 1. The number of para-hydroxylation sites is 1. The summed E-state index contributed by atoms with van der Waals surface area (Å²) >= 11 is 0. The van der Waals surface area contributed by atoms with E-state index in [1.807, 2.05) is 4.90 Å². The molecule has 2 aliphatic rings. The molecule has 0 atom stereocenters. The monoisotopic (exact) mass is 432 g/mol. The third kappa shape index (κ3) is 4.81. The Balaban J connectivity index is 1.14. The van der Waals surface area contributed by atoms with Crippen LogP contribution in [0.4, 0.5) is 4.79 Å². The molecule has 2 aromatic carbocycles. The van der Waals surface area contributed by atoms with Crippen molar-refractivity contribution >= 4 is 16.9 Å². The molecule has 2 amide bonds. The molecule has 6 heteroatoms. The number of nitrogens with zero attached hydrogens (tertiary/aromatic N) is 2. The summed E-state index contributed by atoms with van der Waals surface area (Å²) in [7, 11) is 0. The van der Waals surface area contributed by atoms with Gasteiger partial charge in [-0.1, -0.05) is 42.5 Å². The van der Waals surface area contributed by atoms with E-state index in [9.17, 15) is 4.79 Å². The van der Waals surface area contributed by atoms with E-state index in [4.69, 9.17) is 4.74 Å². The van der Waals surface area contributed by atoms with Gasteiger partial charge in [0.1, 0.15) is 0 Å². The minimum Gasteiger partial charge on any atom is -0.379 e. The molecule has 0 aliphatic carbocycles. The van der Waals surface area contributed by atoms with E-state index in [1.165, 1.54) is 27.7 Å². The second-order valence-electron chi connectivity index (χ2n) is 8.89. The summed E-state index contributed by atoms with van der Waals surface area (Å²) in [5.41, 5.74) is 4.97. The Labute approximate surface area is 189 Å². The first kappa shape index (κ1) is 21.0. The van der Waals surface area contributed by atoms with Crippen molar-refractivity contribution in [3.8, 4) is 0 Å². The summed E-state index contributed by atoms with van der Waals surface area (Å²) in [5, 5.41) is 4.42. The van der Waals surface area contributed by atoms with Crippen LogP contribution in [0, 0.1) is 0 Å². The van der Waals surface area contributed by atoms with Crippen molar-refractivity contribution in [1.82, 2.24) is 20.1 Å². The highest BCUT2D eigenvalue weighted by atomic mass is 16.5. The molecule has 0 saturated carbocycles. The molecule has 2 aliphatic heterocycles. The van der Waals surface area contributed by atoms with Crippen LogP contribution in [0.25, 0.3) is 10.9 Å². The molecule has 2 fully saturated rings. The van der Waals surface area contributed by atoms with Crippen molar-refractivity contribution in [2.45, 2.75) is 31.8 Å². The maximum atomic E-state index is 12.8. The Bertz CT molecular complexity index is 1020. The van der Waals surface area contributed by atoms with Gasteiger partial charge in [-0.05, 0) is 41.5 Å². The maximum Gasteiger partial charge on any atom is 0.317 e. The van der Waals surface area contributed by atoms with Gasteiger partial charge in [0.25, 0.3) is 0 Å². The van der Waals surface area contributed by atoms with Gasteiger partial charge >= 0.3 is 6.03 Å². The number of H-pyrrole nitrogens is 1. The topological polar surface area (TPSA) is 60.6 Å². The third-order valence-electron chi connectivity index (χ3n) is 6.82. The number of carbonyl (C=O) groups excluding carboxylic acids is 1. The molecule has 0 radical (unpaired) electrons. The molecule has 2 N–H and O–H groups in total. The zero-order chi connectivity index (χ0) is 21.8. The molecule has 3 aromatic rings. The average molecular weight is 433 g/mol. The number of fused-ring (bicyclic) bond motifs is 1. The fourth-order valence-corrected chi connectivity index (χ4v) is 4.88. The van der Waals surface area contributed by atoms with Crippen LogP contribution in [-0.2, 0) is 17.8 Å². The number of aromatic nitrogens is 1. The number of urea groups is 1. The number of likely N-dealkylation sites (tertiary alicyclic amines) is 1. The number of hydrogen-bond acceptors (Lipinski definition) is 3. The van der Waals surface area contributed by atoms with Crippen LogP contribution in [0.15, 0.2) is 54.6 Å². The molecule has 5 rings (SSSR count). The van der Waals surface area contributed by atoms with E-state index in [-0.39, 0.29) is 6.03 Å². The summed E-state index contributed by atoms with van der Waals surface area (Å²) in [4.78, 5) is 20.8. The van der Waals surface area contributed by atoms with Gasteiger partial charge in [-0.3, -0.25) is 4.90 Å². The largest absolute Gasteiger partial charge is 0.379 e. The van der Waals surface area contributed by atoms with Crippen LogP contribution >= 0.6 is 0 Å². The number of hydrogen-bond donors (Lipinski definition) is 2. The Morgan fingerprint density at radius 3 is 2.47 bits per heavy atom. The van der Waals surface area contributed by atoms with E-state index in [0.717, 1.165) is 58.8 Å². The van der Waals surface area contributed by atoms with Gasteiger partial charge in [-0.25, -0.2) is 4.79 Å². The first-order valence-electron chi connectivity index (χ1n) is 11.7. The summed E-state index contributed by atoms with van der Waals surface area (Å²) in [6.45, 7) is 6.59. The first-order chi connectivity index (χ1) is 15.8. The van der Waals surface area contributed by atoms with Gasteiger partial charge in [-0.15, -0.1) is 0 Å². The number of aromatic amines is 1. The Morgan fingerprint density at radius 1 is 0.969 bits per heavy atom. The molecule has 1 aromatic heterocycles. The molecule has 168 valence electrons. The zero-order valence-electron chi connectivity index (χ0n) is 18.6. The zero-order valence-corrected chi connectivity index (χ0v) is 18.6. The Morgan fingerprint density at radius 2 is 1.69 bits per heavy atom. The highest BCUT2D eigenvalue weighted by Gasteiger charge is 2.25. The lowest BCUT2D eigenvalue weighted by atomic mass is 9.94. The normalized spacial score (nSPS) is 18.2. The lowest BCUT2D eigenvalue weighted by molar-refractivity contribution is 0.0340. The molecule has 2 saturated heterocycles. The van der Waals surface area contributed by atoms with Gasteiger partial charge in [0.05, 0.1) is 13.2 Å². The van der Waals surface area contributed by atoms with Crippen LogP contribution in [0.5, 0.6) is 0 Å². The van der Waals surface area contributed by atoms with Crippen LogP contribution in [0.2, 0.25) is 0 Å². The number of piperidine rings is 1. The average Bonchev–Trinajstić information content (AvgIpc) is 3.28. The quantitative estimate of drug-likeness (QED) is 0.638.